The predicted molar refractivity (Wildman–Crippen MR) is 98.3 cm³/mol. The zero-order valence-corrected chi connectivity index (χ0v) is 14.2. The molecule has 0 atom stereocenters. The van der Waals surface area contributed by atoms with Gasteiger partial charge in [0.05, 0.1) is 23.2 Å². The zero-order chi connectivity index (χ0) is 18.4. The first-order chi connectivity index (χ1) is 12.7. The monoisotopic (exact) mass is 344 g/mol. The standard InChI is InChI=1S/C20H16N4O2/c1-2-25-19-12-14(7-8-18(19)26-10-9-21)11-15(13-22)20-23-16-5-3-4-6-17(16)24-20/h3-8,11-12H,2,10H2,1H3,(H,23,24)/b15-11-. The molecule has 0 spiro atoms. The van der Waals surface area contributed by atoms with Crippen LogP contribution < -0.4 is 9.47 Å². The number of H-pyrrole nitrogens is 1. The minimum atomic E-state index is -0.0578. The molecule has 0 radical (unpaired) electrons. The number of para-hydroxylation sites is 2. The number of fused-ring (bicyclic) bond motifs is 1. The topological polar surface area (TPSA) is 94.7 Å². The molecule has 128 valence electrons. The highest BCUT2D eigenvalue weighted by Crippen LogP contribution is 2.30. The van der Waals surface area contributed by atoms with Crippen LogP contribution in [-0.2, 0) is 0 Å². The largest absolute Gasteiger partial charge is 0.490 e. The summed E-state index contributed by atoms with van der Waals surface area (Å²) >= 11 is 0. The number of nitriles is 2. The average molecular weight is 344 g/mol. The number of allylic oxidation sites excluding steroid dienone is 1. The fourth-order valence-corrected chi connectivity index (χ4v) is 2.51. The number of nitrogens with zero attached hydrogens (tertiary/aromatic N) is 3. The van der Waals surface area contributed by atoms with E-state index in [-0.39, 0.29) is 6.61 Å². The molecular formula is C20H16N4O2. The molecule has 1 heterocycles. The second-order valence-corrected chi connectivity index (χ2v) is 5.36. The van der Waals surface area contributed by atoms with E-state index in [9.17, 15) is 5.26 Å². The van der Waals surface area contributed by atoms with Crippen LogP contribution in [0, 0.1) is 22.7 Å². The quantitative estimate of drug-likeness (QED) is 0.684. The van der Waals surface area contributed by atoms with Crippen LogP contribution in [0.4, 0.5) is 0 Å². The Balaban J connectivity index is 1.97. The molecular weight excluding hydrogens is 328 g/mol. The summed E-state index contributed by atoms with van der Waals surface area (Å²) in [5.74, 6) is 1.53. The van der Waals surface area contributed by atoms with Gasteiger partial charge in [-0.2, -0.15) is 10.5 Å². The Morgan fingerprint density at radius 3 is 2.73 bits per heavy atom. The molecule has 2 aromatic carbocycles. The molecule has 1 N–H and O–H groups in total. The fourth-order valence-electron chi connectivity index (χ4n) is 2.51. The minimum Gasteiger partial charge on any atom is -0.490 e. The number of aromatic amines is 1. The Morgan fingerprint density at radius 1 is 1.15 bits per heavy atom. The van der Waals surface area contributed by atoms with Gasteiger partial charge in [0.15, 0.2) is 18.1 Å². The molecule has 6 heteroatoms. The molecule has 0 aliphatic carbocycles. The first kappa shape index (κ1) is 17.1. The molecule has 0 unspecified atom stereocenters. The van der Waals surface area contributed by atoms with Gasteiger partial charge in [-0.25, -0.2) is 4.98 Å². The Kier molecular flexibility index (Phi) is 5.16. The van der Waals surface area contributed by atoms with Crippen LogP contribution in [0.5, 0.6) is 11.5 Å². The lowest BCUT2D eigenvalue weighted by Crippen LogP contribution is -1.99. The second-order valence-electron chi connectivity index (χ2n) is 5.36. The molecule has 3 rings (SSSR count). The van der Waals surface area contributed by atoms with Gasteiger partial charge in [-0.15, -0.1) is 0 Å². The Labute approximate surface area is 150 Å². The van der Waals surface area contributed by atoms with Crippen LogP contribution >= 0.6 is 0 Å². The van der Waals surface area contributed by atoms with Crippen LogP contribution in [0.15, 0.2) is 42.5 Å². The second kappa shape index (κ2) is 7.87. The highest BCUT2D eigenvalue weighted by atomic mass is 16.5. The van der Waals surface area contributed by atoms with E-state index in [4.69, 9.17) is 14.7 Å². The van der Waals surface area contributed by atoms with Gasteiger partial charge in [0.1, 0.15) is 18.0 Å². The molecule has 26 heavy (non-hydrogen) atoms. The van der Waals surface area contributed by atoms with E-state index >= 15 is 0 Å². The van der Waals surface area contributed by atoms with Crippen LogP contribution in [0.3, 0.4) is 0 Å². The maximum atomic E-state index is 9.54. The minimum absolute atomic E-state index is 0.0578. The number of hydrogen-bond donors (Lipinski definition) is 1. The third-order valence-corrected chi connectivity index (χ3v) is 3.64. The number of imidazole rings is 1. The molecule has 0 saturated heterocycles. The number of hydrogen-bond acceptors (Lipinski definition) is 5. The summed E-state index contributed by atoms with van der Waals surface area (Å²) in [5.41, 5.74) is 2.86. The summed E-state index contributed by atoms with van der Waals surface area (Å²) < 4.78 is 10.9. The molecule has 3 aromatic rings. The lowest BCUT2D eigenvalue weighted by molar-refractivity contribution is 0.298. The van der Waals surface area contributed by atoms with Crippen molar-refractivity contribution in [3.8, 4) is 23.6 Å². The van der Waals surface area contributed by atoms with Gasteiger partial charge in [-0.05, 0) is 42.8 Å². The van der Waals surface area contributed by atoms with Gasteiger partial charge in [-0.1, -0.05) is 18.2 Å². The van der Waals surface area contributed by atoms with E-state index in [0.717, 1.165) is 16.6 Å². The van der Waals surface area contributed by atoms with Crippen LogP contribution in [0.1, 0.15) is 18.3 Å². The van der Waals surface area contributed by atoms with Crippen molar-refractivity contribution in [2.75, 3.05) is 13.2 Å². The van der Waals surface area contributed by atoms with Crippen LogP contribution in [0.2, 0.25) is 0 Å². The van der Waals surface area contributed by atoms with Crippen molar-refractivity contribution >= 4 is 22.7 Å². The van der Waals surface area contributed by atoms with Gasteiger partial charge >= 0.3 is 0 Å². The van der Waals surface area contributed by atoms with E-state index < -0.39 is 0 Å². The van der Waals surface area contributed by atoms with Crippen molar-refractivity contribution in [1.29, 1.82) is 10.5 Å². The van der Waals surface area contributed by atoms with E-state index in [0.29, 0.717) is 29.5 Å². The zero-order valence-electron chi connectivity index (χ0n) is 14.2. The highest BCUT2D eigenvalue weighted by Gasteiger charge is 2.10. The fraction of sp³-hybridized carbons (Fsp3) is 0.150. The molecule has 1 aromatic heterocycles. The first-order valence-electron chi connectivity index (χ1n) is 8.08. The van der Waals surface area contributed by atoms with E-state index in [2.05, 4.69) is 16.0 Å². The van der Waals surface area contributed by atoms with E-state index in [1.54, 1.807) is 24.3 Å². The summed E-state index contributed by atoms with van der Waals surface area (Å²) in [6.07, 6.45) is 1.73. The summed E-state index contributed by atoms with van der Waals surface area (Å²) in [6.45, 7) is 2.27. The SMILES string of the molecule is CCOc1cc(/C=C(/C#N)c2nc3ccccc3[nH]2)ccc1OCC#N. The van der Waals surface area contributed by atoms with Crippen molar-refractivity contribution in [1.82, 2.24) is 9.97 Å². The van der Waals surface area contributed by atoms with Crippen molar-refractivity contribution in [2.24, 2.45) is 0 Å². The number of benzene rings is 2. The normalized spacial score (nSPS) is 11.0. The first-order valence-corrected chi connectivity index (χ1v) is 8.08. The molecule has 0 aliphatic heterocycles. The molecule has 0 amide bonds. The number of nitrogens with one attached hydrogen (secondary N) is 1. The Bertz CT molecular complexity index is 1000. The maximum Gasteiger partial charge on any atom is 0.174 e. The third-order valence-electron chi connectivity index (χ3n) is 3.64. The molecule has 0 saturated carbocycles. The van der Waals surface area contributed by atoms with Crippen molar-refractivity contribution in [2.45, 2.75) is 6.92 Å². The summed E-state index contributed by atoms with van der Waals surface area (Å²) in [7, 11) is 0. The predicted octanol–water partition coefficient (Wildman–Crippen LogP) is 3.93. The number of ether oxygens (including phenoxy) is 2. The van der Waals surface area contributed by atoms with Crippen LogP contribution in [-0.4, -0.2) is 23.2 Å². The molecule has 0 fully saturated rings. The van der Waals surface area contributed by atoms with Gasteiger partial charge in [0, 0.05) is 0 Å². The number of aromatic nitrogens is 2. The van der Waals surface area contributed by atoms with Crippen molar-refractivity contribution in [3.05, 3.63) is 53.9 Å². The summed E-state index contributed by atoms with van der Waals surface area (Å²) in [5, 5.41) is 18.2. The van der Waals surface area contributed by atoms with Crippen molar-refractivity contribution < 1.29 is 9.47 Å². The number of rotatable bonds is 6. The lowest BCUT2D eigenvalue weighted by atomic mass is 10.1. The van der Waals surface area contributed by atoms with Gasteiger partial charge < -0.3 is 14.5 Å². The maximum absolute atomic E-state index is 9.54. The van der Waals surface area contributed by atoms with Gasteiger partial charge in [-0.3, -0.25) is 0 Å². The average Bonchev–Trinajstić information content (AvgIpc) is 3.09. The summed E-state index contributed by atoms with van der Waals surface area (Å²) in [6, 6.07) is 17.0. The Morgan fingerprint density at radius 2 is 2.00 bits per heavy atom. The third kappa shape index (κ3) is 3.66. The molecule has 0 aliphatic rings. The highest BCUT2D eigenvalue weighted by molar-refractivity contribution is 5.90. The summed E-state index contributed by atoms with van der Waals surface area (Å²) in [4.78, 5) is 7.61. The smallest absolute Gasteiger partial charge is 0.174 e. The lowest BCUT2D eigenvalue weighted by Gasteiger charge is -2.10. The van der Waals surface area contributed by atoms with Crippen LogP contribution in [0.25, 0.3) is 22.7 Å². The van der Waals surface area contributed by atoms with Crippen molar-refractivity contribution in [3.63, 3.8) is 0 Å². The van der Waals surface area contributed by atoms with E-state index in [1.165, 1.54) is 0 Å². The van der Waals surface area contributed by atoms with E-state index in [1.807, 2.05) is 37.3 Å². The van der Waals surface area contributed by atoms with Gasteiger partial charge in [0.2, 0.25) is 0 Å². The molecule has 6 nitrogen and oxygen atoms in total. The molecule has 0 bridgehead atoms. The van der Waals surface area contributed by atoms with Gasteiger partial charge in [0.25, 0.3) is 0 Å². The Hall–Kier alpha value is -3.77.